The summed E-state index contributed by atoms with van der Waals surface area (Å²) in [4.78, 5) is 9.85. The van der Waals surface area contributed by atoms with Gasteiger partial charge in [0.25, 0.3) is 0 Å². The van der Waals surface area contributed by atoms with Crippen LogP contribution < -0.4 is 14.8 Å². The summed E-state index contributed by atoms with van der Waals surface area (Å²) in [7, 11) is 2.61. The van der Waals surface area contributed by atoms with Crippen LogP contribution in [0.1, 0.15) is 36.5 Å². The summed E-state index contributed by atoms with van der Waals surface area (Å²) in [5, 5.41) is 21.7. The number of likely N-dealkylation sites (tertiary alicyclic amines) is 1. The number of rotatable bonds is 9. The van der Waals surface area contributed by atoms with Crippen LogP contribution in [0.2, 0.25) is 0 Å². The fraction of sp³-hybridized carbons (Fsp3) is 0.370. The van der Waals surface area contributed by atoms with E-state index >= 15 is 0 Å². The Bertz CT molecular complexity index is 1340. The van der Waals surface area contributed by atoms with Crippen LogP contribution in [0, 0.1) is 28.4 Å². The normalized spacial score (nSPS) is 15.0. The molecular weight excluding hydrogens is 478 g/mol. The van der Waals surface area contributed by atoms with Gasteiger partial charge in [0, 0.05) is 72.3 Å². The molecule has 1 fully saturated rings. The predicted molar refractivity (Wildman–Crippen MR) is 138 cm³/mol. The van der Waals surface area contributed by atoms with Gasteiger partial charge in [-0.25, -0.2) is 13.8 Å². The third-order valence-corrected chi connectivity index (χ3v) is 6.84. The number of piperidine rings is 1. The molecule has 2 aromatic heterocycles. The molecule has 0 saturated carbocycles. The minimum Gasteiger partial charge on any atom is -0.494 e. The van der Waals surface area contributed by atoms with Crippen LogP contribution in [-0.2, 0) is 6.42 Å². The fourth-order valence-corrected chi connectivity index (χ4v) is 4.61. The summed E-state index contributed by atoms with van der Waals surface area (Å²) < 4.78 is 40.1. The molecule has 0 spiro atoms. The van der Waals surface area contributed by atoms with Crippen molar-refractivity contribution in [2.45, 2.75) is 32.2 Å². The Kier molecular flexibility index (Phi) is 8.04. The predicted octanol–water partition coefficient (Wildman–Crippen LogP) is 4.41. The maximum atomic E-state index is 15.0. The van der Waals surface area contributed by atoms with Crippen LogP contribution >= 0.6 is 0 Å². The van der Waals surface area contributed by atoms with E-state index in [2.05, 4.69) is 27.1 Å². The van der Waals surface area contributed by atoms with E-state index in [1.807, 2.05) is 6.07 Å². The maximum Gasteiger partial charge on any atom is 0.171 e. The summed E-state index contributed by atoms with van der Waals surface area (Å²) in [5.41, 5.74) is 1.69. The quantitative estimate of drug-likeness (QED) is 0.370. The van der Waals surface area contributed by atoms with E-state index in [9.17, 15) is 14.0 Å². The maximum absolute atomic E-state index is 15.0. The van der Waals surface area contributed by atoms with Gasteiger partial charge in [-0.1, -0.05) is 6.92 Å². The number of hydrogen-bond donors (Lipinski definition) is 3. The highest BCUT2D eigenvalue weighted by molar-refractivity contribution is 6.29. The summed E-state index contributed by atoms with van der Waals surface area (Å²) in [5.74, 6) is -1.83. The molecule has 1 aliphatic rings. The van der Waals surface area contributed by atoms with Crippen molar-refractivity contribution in [1.29, 1.82) is 10.7 Å². The first kappa shape index (κ1) is 26.1. The largest absolute Gasteiger partial charge is 0.494 e. The average Bonchev–Trinajstić information content (AvgIpc) is 3.33. The molecule has 0 radical (unpaired) electrons. The first-order chi connectivity index (χ1) is 17.9. The number of H-pyrrole nitrogens is 1. The van der Waals surface area contributed by atoms with Gasteiger partial charge in [0.1, 0.15) is 17.4 Å². The van der Waals surface area contributed by atoms with Gasteiger partial charge in [0.05, 0.1) is 14.2 Å². The number of fused-ring (bicyclic) bond motifs is 1. The van der Waals surface area contributed by atoms with Gasteiger partial charge in [-0.05, 0) is 31.0 Å². The highest BCUT2D eigenvalue weighted by atomic mass is 19.1. The Morgan fingerprint density at radius 2 is 1.92 bits per heavy atom. The van der Waals surface area contributed by atoms with Crippen molar-refractivity contribution in [2.75, 3.05) is 33.9 Å². The SMILES string of the molecule is CCN1CCC(N/C=C(\C(=N)C#N)c2cnc3[nH]cc(Cc4c(F)c(OC)cc(OC)c4F)c3c2)CC1. The number of methoxy groups -OCH3 is 2. The number of aromatic amines is 1. The molecule has 10 heteroatoms. The lowest BCUT2D eigenvalue weighted by atomic mass is 9.99. The Morgan fingerprint density at radius 1 is 1.24 bits per heavy atom. The van der Waals surface area contributed by atoms with E-state index in [1.165, 1.54) is 20.3 Å². The second-order valence-electron chi connectivity index (χ2n) is 8.92. The van der Waals surface area contributed by atoms with Gasteiger partial charge >= 0.3 is 0 Å². The molecule has 4 rings (SSSR count). The van der Waals surface area contributed by atoms with E-state index in [4.69, 9.17) is 14.9 Å². The first-order valence-corrected chi connectivity index (χ1v) is 12.1. The minimum atomic E-state index is -0.801. The number of nitriles is 1. The van der Waals surface area contributed by atoms with Crippen molar-refractivity contribution in [1.82, 2.24) is 20.2 Å². The topological polar surface area (TPSA) is 110 Å². The van der Waals surface area contributed by atoms with Gasteiger partial charge in [0.15, 0.2) is 23.1 Å². The smallest absolute Gasteiger partial charge is 0.171 e. The average molecular weight is 509 g/mol. The zero-order chi connectivity index (χ0) is 26.5. The molecule has 0 unspecified atom stereocenters. The van der Waals surface area contributed by atoms with Crippen LogP contribution in [0.3, 0.4) is 0 Å². The van der Waals surface area contributed by atoms with Crippen LogP contribution in [0.4, 0.5) is 8.78 Å². The van der Waals surface area contributed by atoms with Gasteiger partial charge in [-0.3, -0.25) is 5.41 Å². The number of benzene rings is 1. The summed E-state index contributed by atoms with van der Waals surface area (Å²) >= 11 is 0. The second-order valence-corrected chi connectivity index (χ2v) is 8.92. The van der Waals surface area contributed by atoms with Crippen molar-refractivity contribution < 1.29 is 18.3 Å². The van der Waals surface area contributed by atoms with Crippen molar-refractivity contribution in [3.8, 4) is 17.6 Å². The molecule has 1 aromatic carbocycles. The van der Waals surface area contributed by atoms with E-state index in [-0.39, 0.29) is 35.2 Å². The number of ether oxygens (including phenoxy) is 2. The van der Waals surface area contributed by atoms with E-state index in [0.29, 0.717) is 27.7 Å². The van der Waals surface area contributed by atoms with Gasteiger partial charge in [-0.15, -0.1) is 0 Å². The highest BCUT2D eigenvalue weighted by Crippen LogP contribution is 2.34. The molecule has 3 heterocycles. The number of nitrogens with zero attached hydrogens (tertiary/aromatic N) is 3. The van der Waals surface area contributed by atoms with Crippen molar-refractivity contribution in [3.05, 3.63) is 59.1 Å². The van der Waals surface area contributed by atoms with Crippen molar-refractivity contribution in [2.24, 2.45) is 0 Å². The minimum absolute atomic E-state index is 0.0840. The molecule has 37 heavy (non-hydrogen) atoms. The zero-order valence-corrected chi connectivity index (χ0v) is 21.1. The monoisotopic (exact) mass is 508 g/mol. The van der Waals surface area contributed by atoms with Crippen molar-refractivity contribution >= 4 is 22.3 Å². The van der Waals surface area contributed by atoms with Crippen LogP contribution in [-0.4, -0.2) is 60.5 Å². The number of nitrogens with one attached hydrogen (secondary N) is 3. The highest BCUT2D eigenvalue weighted by Gasteiger charge is 2.22. The number of halogens is 2. The van der Waals surface area contributed by atoms with Crippen molar-refractivity contribution in [3.63, 3.8) is 0 Å². The second kappa shape index (κ2) is 11.4. The number of hydrogen-bond acceptors (Lipinski definition) is 7. The summed E-state index contributed by atoms with van der Waals surface area (Å²) in [6.45, 7) is 5.16. The van der Waals surface area contributed by atoms with Gasteiger partial charge in [0.2, 0.25) is 0 Å². The summed E-state index contributed by atoms with van der Waals surface area (Å²) in [6, 6.07) is 5.11. The molecule has 8 nitrogen and oxygen atoms in total. The first-order valence-electron chi connectivity index (χ1n) is 12.1. The molecule has 3 aromatic rings. The molecule has 0 amide bonds. The molecular formula is C27H30F2N6O2. The lowest BCUT2D eigenvalue weighted by Gasteiger charge is -2.31. The Balaban J connectivity index is 1.67. The van der Waals surface area contributed by atoms with E-state index < -0.39 is 11.6 Å². The molecule has 0 atom stereocenters. The molecule has 0 aliphatic carbocycles. The zero-order valence-electron chi connectivity index (χ0n) is 21.1. The Labute approximate surface area is 214 Å². The number of pyridine rings is 1. The lowest BCUT2D eigenvalue weighted by Crippen LogP contribution is -2.40. The van der Waals surface area contributed by atoms with E-state index in [1.54, 1.807) is 24.7 Å². The van der Waals surface area contributed by atoms with Gasteiger partial charge < -0.3 is 24.7 Å². The number of allylic oxidation sites excluding steroid dienone is 1. The number of aromatic nitrogens is 2. The molecule has 1 saturated heterocycles. The third-order valence-electron chi connectivity index (χ3n) is 6.84. The van der Waals surface area contributed by atoms with Crippen LogP contribution in [0.15, 0.2) is 30.7 Å². The molecule has 1 aliphatic heterocycles. The lowest BCUT2D eigenvalue weighted by molar-refractivity contribution is 0.213. The van der Waals surface area contributed by atoms with Gasteiger partial charge in [-0.2, -0.15) is 5.26 Å². The third kappa shape index (κ3) is 5.42. The molecule has 0 bridgehead atoms. The summed E-state index contributed by atoms with van der Waals surface area (Å²) in [6.07, 6.45) is 6.79. The standard InChI is InChI=1S/C27H30F2N6O2/c1-4-35-7-5-18(6-8-35)32-15-21(22(31)12-30)17-9-19-16(13-33-27(19)34-14-17)10-20-25(28)23(36-2)11-24(37-3)26(20)29/h9,11,13-15,18,31-32H,4-8,10H2,1-3H3,(H,33,34)/b21-15-,31-22?. The fourth-order valence-electron chi connectivity index (χ4n) is 4.61. The molecule has 3 N–H and O–H groups in total. The van der Waals surface area contributed by atoms with E-state index in [0.717, 1.165) is 32.5 Å². The Hall–Kier alpha value is -3.97. The van der Waals surface area contributed by atoms with Crippen LogP contribution in [0.5, 0.6) is 11.5 Å². The van der Waals surface area contributed by atoms with Crippen LogP contribution in [0.25, 0.3) is 16.6 Å². The molecule has 194 valence electrons. The Morgan fingerprint density at radius 3 is 2.51 bits per heavy atom.